The van der Waals surface area contributed by atoms with Crippen molar-refractivity contribution in [3.8, 4) is 11.1 Å². The Morgan fingerprint density at radius 3 is 2.80 bits per heavy atom. The van der Waals surface area contributed by atoms with Crippen LogP contribution >= 0.6 is 0 Å². The summed E-state index contributed by atoms with van der Waals surface area (Å²) < 4.78 is 6.70. The fraction of sp³-hybridized carbons (Fsp3) is 0.333. The molecule has 5 heteroatoms. The van der Waals surface area contributed by atoms with E-state index in [0.717, 1.165) is 11.1 Å². The van der Waals surface area contributed by atoms with Crippen molar-refractivity contribution in [2.75, 3.05) is 12.3 Å². The van der Waals surface area contributed by atoms with Crippen molar-refractivity contribution in [3.05, 3.63) is 36.7 Å². The molecule has 5 nitrogen and oxygen atoms in total. The number of nitrogens with two attached hydrogens (primary N) is 1. The summed E-state index contributed by atoms with van der Waals surface area (Å²) in [5.74, 6) is -0.259. The van der Waals surface area contributed by atoms with Crippen molar-refractivity contribution in [1.82, 2.24) is 9.78 Å². The van der Waals surface area contributed by atoms with Gasteiger partial charge < -0.3 is 10.5 Å². The Kier molecular flexibility index (Phi) is 4.40. The lowest BCUT2D eigenvalue weighted by molar-refractivity contribution is -0.147. The van der Waals surface area contributed by atoms with E-state index in [-0.39, 0.29) is 5.97 Å². The lowest BCUT2D eigenvalue weighted by Crippen LogP contribution is -2.21. The standard InChI is InChI=1S/C15H19N3O2/c1-3-14(15(19)20-4-2)18-10-11(9-17-18)12-7-5-6-8-13(12)16/h5-10,14H,3-4,16H2,1-2H3. The maximum atomic E-state index is 11.9. The zero-order valence-electron chi connectivity index (χ0n) is 11.7. The first-order chi connectivity index (χ1) is 9.67. The van der Waals surface area contributed by atoms with Gasteiger partial charge in [-0.1, -0.05) is 25.1 Å². The molecule has 1 aromatic heterocycles. The maximum absolute atomic E-state index is 11.9. The number of hydrogen-bond donors (Lipinski definition) is 1. The molecule has 0 aliphatic carbocycles. The van der Waals surface area contributed by atoms with Crippen LogP contribution in [0.25, 0.3) is 11.1 Å². The summed E-state index contributed by atoms with van der Waals surface area (Å²) in [6.45, 7) is 4.10. The molecule has 1 unspecified atom stereocenters. The number of para-hydroxylation sites is 1. The van der Waals surface area contributed by atoms with E-state index >= 15 is 0 Å². The van der Waals surface area contributed by atoms with E-state index in [1.165, 1.54) is 0 Å². The second kappa shape index (κ2) is 6.23. The predicted molar refractivity (Wildman–Crippen MR) is 78.0 cm³/mol. The summed E-state index contributed by atoms with van der Waals surface area (Å²) in [4.78, 5) is 11.9. The molecule has 1 heterocycles. The van der Waals surface area contributed by atoms with Crippen molar-refractivity contribution in [2.24, 2.45) is 0 Å². The first-order valence-electron chi connectivity index (χ1n) is 6.73. The maximum Gasteiger partial charge on any atom is 0.330 e. The van der Waals surface area contributed by atoms with E-state index in [9.17, 15) is 4.79 Å². The highest BCUT2D eigenvalue weighted by molar-refractivity contribution is 5.76. The lowest BCUT2D eigenvalue weighted by Gasteiger charge is -2.13. The Morgan fingerprint density at radius 2 is 2.15 bits per heavy atom. The van der Waals surface area contributed by atoms with E-state index in [1.54, 1.807) is 17.8 Å². The molecule has 2 N–H and O–H groups in total. The second-order valence-electron chi connectivity index (χ2n) is 4.47. The molecule has 0 saturated carbocycles. The first-order valence-corrected chi connectivity index (χ1v) is 6.73. The van der Waals surface area contributed by atoms with Crippen molar-refractivity contribution < 1.29 is 9.53 Å². The summed E-state index contributed by atoms with van der Waals surface area (Å²) in [7, 11) is 0. The molecule has 2 aromatic rings. The molecule has 0 amide bonds. The molecule has 0 aliphatic heterocycles. The molecule has 0 aliphatic rings. The number of anilines is 1. The number of esters is 1. The third-order valence-electron chi connectivity index (χ3n) is 3.14. The number of ether oxygens (including phenoxy) is 1. The zero-order valence-corrected chi connectivity index (χ0v) is 11.7. The molecule has 0 spiro atoms. The number of aromatic nitrogens is 2. The minimum atomic E-state index is -0.395. The van der Waals surface area contributed by atoms with Crippen LogP contribution in [-0.2, 0) is 9.53 Å². The Labute approximate surface area is 118 Å². The van der Waals surface area contributed by atoms with Gasteiger partial charge in [-0.05, 0) is 19.4 Å². The Bertz CT molecular complexity index is 592. The van der Waals surface area contributed by atoms with Crippen LogP contribution in [0.3, 0.4) is 0 Å². The molecule has 0 fully saturated rings. The average Bonchev–Trinajstić information content (AvgIpc) is 2.90. The predicted octanol–water partition coefficient (Wildman–Crippen LogP) is 2.65. The summed E-state index contributed by atoms with van der Waals surface area (Å²) in [6.07, 6.45) is 4.18. The quantitative estimate of drug-likeness (QED) is 0.671. The highest BCUT2D eigenvalue weighted by Gasteiger charge is 2.21. The van der Waals surface area contributed by atoms with Crippen LogP contribution in [0.4, 0.5) is 5.69 Å². The molecule has 1 atom stereocenters. The summed E-state index contributed by atoms with van der Waals surface area (Å²) in [5, 5.41) is 4.27. The second-order valence-corrected chi connectivity index (χ2v) is 4.47. The van der Waals surface area contributed by atoms with Crippen LogP contribution in [0, 0.1) is 0 Å². The van der Waals surface area contributed by atoms with Crippen LogP contribution in [-0.4, -0.2) is 22.4 Å². The van der Waals surface area contributed by atoms with Crippen molar-refractivity contribution >= 4 is 11.7 Å². The van der Waals surface area contributed by atoms with E-state index in [4.69, 9.17) is 10.5 Å². The van der Waals surface area contributed by atoms with Gasteiger partial charge in [0.2, 0.25) is 0 Å². The van der Waals surface area contributed by atoms with Crippen LogP contribution in [0.15, 0.2) is 36.7 Å². The van der Waals surface area contributed by atoms with Gasteiger partial charge in [0.1, 0.15) is 6.04 Å². The van der Waals surface area contributed by atoms with Crippen molar-refractivity contribution in [1.29, 1.82) is 0 Å². The number of nitrogen functional groups attached to an aromatic ring is 1. The number of carbonyl (C=O) groups is 1. The minimum Gasteiger partial charge on any atom is -0.464 e. The third-order valence-corrected chi connectivity index (χ3v) is 3.14. The zero-order chi connectivity index (χ0) is 14.5. The SMILES string of the molecule is CCOC(=O)C(CC)n1cc(-c2ccccc2N)cn1. The van der Waals surface area contributed by atoms with E-state index in [0.29, 0.717) is 18.7 Å². The van der Waals surface area contributed by atoms with Crippen LogP contribution < -0.4 is 5.73 Å². The smallest absolute Gasteiger partial charge is 0.330 e. The van der Waals surface area contributed by atoms with Gasteiger partial charge in [-0.2, -0.15) is 5.10 Å². The van der Waals surface area contributed by atoms with E-state index in [2.05, 4.69) is 5.10 Å². The monoisotopic (exact) mass is 273 g/mol. The topological polar surface area (TPSA) is 70.1 Å². The lowest BCUT2D eigenvalue weighted by atomic mass is 10.1. The fourth-order valence-electron chi connectivity index (χ4n) is 2.11. The van der Waals surface area contributed by atoms with Gasteiger partial charge in [-0.15, -0.1) is 0 Å². The van der Waals surface area contributed by atoms with Crippen LogP contribution in [0.2, 0.25) is 0 Å². The van der Waals surface area contributed by atoms with Gasteiger partial charge in [0.15, 0.2) is 0 Å². The highest BCUT2D eigenvalue weighted by atomic mass is 16.5. The molecular formula is C15H19N3O2. The van der Waals surface area contributed by atoms with E-state index < -0.39 is 6.04 Å². The number of nitrogens with zero attached hydrogens (tertiary/aromatic N) is 2. The number of benzene rings is 1. The highest BCUT2D eigenvalue weighted by Crippen LogP contribution is 2.26. The van der Waals surface area contributed by atoms with Crippen LogP contribution in [0.1, 0.15) is 26.3 Å². The van der Waals surface area contributed by atoms with Crippen molar-refractivity contribution in [3.63, 3.8) is 0 Å². The molecule has 106 valence electrons. The van der Waals surface area contributed by atoms with E-state index in [1.807, 2.05) is 37.4 Å². The molecule has 0 radical (unpaired) electrons. The van der Waals surface area contributed by atoms with Crippen molar-refractivity contribution in [2.45, 2.75) is 26.3 Å². The van der Waals surface area contributed by atoms with Gasteiger partial charge in [0, 0.05) is 23.0 Å². The fourth-order valence-corrected chi connectivity index (χ4v) is 2.11. The Balaban J connectivity index is 2.28. The average molecular weight is 273 g/mol. The van der Waals surface area contributed by atoms with Gasteiger partial charge in [-0.3, -0.25) is 4.68 Å². The normalized spacial score (nSPS) is 12.1. The first kappa shape index (κ1) is 14.1. The molecule has 0 saturated heterocycles. The largest absolute Gasteiger partial charge is 0.464 e. The molecule has 0 bridgehead atoms. The minimum absolute atomic E-state index is 0.259. The number of carbonyl (C=O) groups excluding carboxylic acids is 1. The Hall–Kier alpha value is -2.30. The van der Waals surface area contributed by atoms with Crippen LogP contribution in [0.5, 0.6) is 0 Å². The third kappa shape index (κ3) is 2.82. The van der Waals surface area contributed by atoms with Gasteiger partial charge in [0.25, 0.3) is 0 Å². The molecule has 1 aromatic carbocycles. The summed E-state index contributed by atoms with van der Waals surface area (Å²) >= 11 is 0. The number of rotatable bonds is 5. The van der Waals surface area contributed by atoms with Gasteiger partial charge in [0.05, 0.1) is 12.8 Å². The summed E-state index contributed by atoms with van der Waals surface area (Å²) in [5.41, 5.74) is 8.45. The summed E-state index contributed by atoms with van der Waals surface area (Å²) in [6, 6.07) is 7.19. The molecule has 20 heavy (non-hydrogen) atoms. The van der Waals surface area contributed by atoms with Gasteiger partial charge >= 0.3 is 5.97 Å². The Morgan fingerprint density at radius 1 is 1.40 bits per heavy atom. The van der Waals surface area contributed by atoms with Gasteiger partial charge in [-0.25, -0.2) is 4.79 Å². The molecular weight excluding hydrogens is 254 g/mol. The number of hydrogen-bond acceptors (Lipinski definition) is 4. The molecule has 2 rings (SSSR count).